The van der Waals surface area contributed by atoms with Crippen LogP contribution in [0.25, 0.3) is 0 Å². The number of anilines is 1. The Morgan fingerprint density at radius 1 is 1.08 bits per heavy atom. The average Bonchev–Trinajstić information content (AvgIpc) is 2.57. The van der Waals surface area contributed by atoms with Gasteiger partial charge in [0.05, 0.1) is 17.5 Å². The van der Waals surface area contributed by atoms with E-state index in [-0.39, 0.29) is 4.90 Å². The topological polar surface area (TPSA) is 84.5 Å². The van der Waals surface area contributed by atoms with Gasteiger partial charge in [-0.25, -0.2) is 8.42 Å². The van der Waals surface area contributed by atoms with Crippen molar-refractivity contribution >= 4 is 21.6 Å². The quantitative estimate of drug-likeness (QED) is 0.805. The molecule has 0 saturated heterocycles. The van der Waals surface area contributed by atoms with Crippen molar-refractivity contribution in [3.63, 3.8) is 0 Å². The largest absolute Gasteiger partial charge is 0.494 e. The van der Waals surface area contributed by atoms with E-state index < -0.39 is 22.0 Å². The summed E-state index contributed by atoms with van der Waals surface area (Å²) in [5, 5.41) is 2.66. The second kappa shape index (κ2) is 7.94. The maximum atomic E-state index is 12.2. The number of nitrogens with one attached hydrogen (secondary N) is 2. The normalized spacial score (nSPS) is 12.4. The van der Waals surface area contributed by atoms with Crippen LogP contribution in [-0.2, 0) is 14.8 Å². The minimum Gasteiger partial charge on any atom is -0.494 e. The Bertz CT molecular complexity index is 774. The summed E-state index contributed by atoms with van der Waals surface area (Å²) in [5.41, 5.74) is 0.564. The van der Waals surface area contributed by atoms with Gasteiger partial charge in [0.1, 0.15) is 5.75 Å². The number of hydrogen-bond acceptors (Lipinski definition) is 4. The standard InChI is InChI=1S/C17H20N2O4S/c1-3-23-15-11-9-14(10-12-15)18-17(20)13(2)19-24(21,22)16-7-5-4-6-8-16/h4-13,19H,3H2,1-2H3,(H,18,20)/t13-/m1/s1. The van der Waals surface area contributed by atoms with Gasteiger partial charge in [-0.3, -0.25) is 4.79 Å². The molecule has 1 atom stereocenters. The zero-order chi connectivity index (χ0) is 17.6. The second-order valence-corrected chi connectivity index (χ2v) is 6.82. The van der Waals surface area contributed by atoms with E-state index in [1.807, 2.05) is 6.92 Å². The second-order valence-electron chi connectivity index (χ2n) is 5.10. The zero-order valence-electron chi connectivity index (χ0n) is 13.5. The molecule has 0 aliphatic carbocycles. The van der Waals surface area contributed by atoms with Crippen LogP contribution in [0.3, 0.4) is 0 Å². The molecule has 7 heteroatoms. The third-order valence-electron chi connectivity index (χ3n) is 3.21. The number of ether oxygens (including phenoxy) is 1. The van der Waals surface area contributed by atoms with Crippen molar-refractivity contribution in [1.29, 1.82) is 0 Å². The summed E-state index contributed by atoms with van der Waals surface area (Å²) >= 11 is 0. The molecule has 1 amide bonds. The van der Waals surface area contributed by atoms with Crippen LogP contribution >= 0.6 is 0 Å². The zero-order valence-corrected chi connectivity index (χ0v) is 14.3. The molecule has 0 aliphatic rings. The number of carbonyl (C=O) groups excluding carboxylic acids is 1. The third-order valence-corrected chi connectivity index (χ3v) is 4.77. The number of hydrogen-bond donors (Lipinski definition) is 2. The molecule has 128 valence electrons. The monoisotopic (exact) mass is 348 g/mol. The highest BCUT2D eigenvalue weighted by Crippen LogP contribution is 2.16. The first kappa shape index (κ1) is 18.0. The number of carbonyl (C=O) groups is 1. The molecule has 0 unspecified atom stereocenters. The molecule has 0 aromatic heterocycles. The van der Waals surface area contributed by atoms with Crippen molar-refractivity contribution < 1.29 is 17.9 Å². The van der Waals surface area contributed by atoms with E-state index in [9.17, 15) is 13.2 Å². The van der Waals surface area contributed by atoms with Crippen LogP contribution in [0.5, 0.6) is 5.75 Å². The number of rotatable bonds is 7. The van der Waals surface area contributed by atoms with Gasteiger partial charge in [0, 0.05) is 5.69 Å². The van der Waals surface area contributed by atoms with E-state index in [1.165, 1.54) is 19.1 Å². The Labute approximate surface area is 141 Å². The van der Waals surface area contributed by atoms with Crippen molar-refractivity contribution in [1.82, 2.24) is 4.72 Å². The van der Waals surface area contributed by atoms with Crippen molar-refractivity contribution in [3.8, 4) is 5.75 Å². The van der Waals surface area contributed by atoms with Crippen molar-refractivity contribution in [2.75, 3.05) is 11.9 Å². The van der Waals surface area contributed by atoms with Gasteiger partial charge in [-0.1, -0.05) is 18.2 Å². The molecule has 0 heterocycles. The summed E-state index contributed by atoms with van der Waals surface area (Å²) in [6.45, 7) is 3.94. The Morgan fingerprint density at radius 2 is 1.71 bits per heavy atom. The van der Waals surface area contributed by atoms with Crippen LogP contribution in [0.4, 0.5) is 5.69 Å². The van der Waals surface area contributed by atoms with E-state index in [1.54, 1.807) is 42.5 Å². The van der Waals surface area contributed by atoms with Crippen LogP contribution in [0.2, 0.25) is 0 Å². The summed E-state index contributed by atoms with van der Waals surface area (Å²) in [7, 11) is -3.74. The van der Waals surface area contributed by atoms with Gasteiger partial charge < -0.3 is 10.1 Å². The first-order valence-corrected chi connectivity index (χ1v) is 9.02. The number of benzene rings is 2. The van der Waals surface area contributed by atoms with Gasteiger partial charge in [0.2, 0.25) is 15.9 Å². The lowest BCUT2D eigenvalue weighted by Gasteiger charge is -2.14. The van der Waals surface area contributed by atoms with Gasteiger partial charge in [-0.15, -0.1) is 0 Å². The van der Waals surface area contributed by atoms with E-state index in [0.29, 0.717) is 18.0 Å². The first-order valence-electron chi connectivity index (χ1n) is 7.53. The Morgan fingerprint density at radius 3 is 2.29 bits per heavy atom. The highest BCUT2D eigenvalue weighted by Gasteiger charge is 2.21. The maximum absolute atomic E-state index is 12.2. The molecular weight excluding hydrogens is 328 g/mol. The molecule has 2 rings (SSSR count). The first-order chi connectivity index (χ1) is 11.4. The summed E-state index contributed by atoms with van der Waals surface area (Å²) in [6, 6.07) is 13.9. The highest BCUT2D eigenvalue weighted by molar-refractivity contribution is 7.89. The van der Waals surface area contributed by atoms with Gasteiger partial charge in [-0.2, -0.15) is 4.72 Å². The molecule has 2 aromatic rings. The van der Waals surface area contributed by atoms with Crippen LogP contribution in [-0.4, -0.2) is 27.0 Å². The highest BCUT2D eigenvalue weighted by atomic mass is 32.2. The molecule has 0 fully saturated rings. The minimum absolute atomic E-state index is 0.116. The molecule has 24 heavy (non-hydrogen) atoms. The molecule has 0 saturated carbocycles. The summed E-state index contributed by atoms with van der Waals surface area (Å²) < 4.78 is 32.1. The lowest BCUT2D eigenvalue weighted by molar-refractivity contribution is -0.117. The van der Waals surface area contributed by atoms with E-state index in [0.717, 1.165) is 0 Å². The van der Waals surface area contributed by atoms with Crippen LogP contribution in [0.1, 0.15) is 13.8 Å². The van der Waals surface area contributed by atoms with Gasteiger partial charge >= 0.3 is 0 Å². The Hall–Kier alpha value is -2.38. The Balaban J connectivity index is 1.99. The molecule has 2 N–H and O–H groups in total. The maximum Gasteiger partial charge on any atom is 0.242 e. The van der Waals surface area contributed by atoms with Crippen molar-refractivity contribution in [3.05, 3.63) is 54.6 Å². The SMILES string of the molecule is CCOc1ccc(NC(=O)[C@@H](C)NS(=O)(=O)c2ccccc2)cc1. The van der Waals surface area contributed by atoms with Crippen LogP contribution in [0, 0.1) is 0 Å². The summed E-state index contributed by atoms with van der Waals surface area (Å²) in [4.78, 5) is 12.3. The van der Waals surface area contributed by atoms with E-state index in [4.69, 9.17) is 4.74 Å². The van der Waals surface area contributed by atoms with Gasteiger partial charge in [0.15, 0.2) is 0 Å². The van der Waals surface area contributed by atoms with Crippen molar-refractivity contribution in [2.24, 2.45) is 0 Å². The number of sulfonamides is 1. The van der Waals surface area contributed by atoms with Gasteiger partial charge in [0.25, 0.3) is 0 Å². The smallest absolute Gasteiger partial charge is 0.242 e. The lowest BCUT2D eigenvalue weighted by atomic mass is 10.2. The van der Waals surface area contributed by atoms with Crippen LogP contribution in [0.15, 0.2) is 59.5 Å². The summed E-state index contributed by atoms with van der Waals surface area (Å²) in [5.74, 6) is 0.256. The van der Waals surface area contributed by atoms with Crippen LogP contribution < -0.4 is 14.8 Å². The fourth-order valence-electron chi connectivity index (χ4n) is 2.01. The fraction of sp³-hybridized carbons (Fsp3) is 0.235. The average molecular weight is 348 g/mol. The summed E-state index contributed by atoms with van der Waals surface area (Å²) in [6.07, 6.45) is 0. The molecule has 0 radical (unpaired) electrons. The van der Waals surface area contributed by atoms with E-state index >= 15 is 0 Å². The Kier molecular flexibility index (Phi) is 5.94. The molecule has 0 aliphatic heterocycles. The minimum atomic E-state index is -3.74. The molecule has 6 nitrogen and oxygen atoms in total. The molecule has 0 bridgehead atoms. The predicted molar refractivity (Wildman–Crippen MR) is 92.5 cm³/mol. The fourth-order valence-corrected chi connectivity index (χ4v) is 3.23. The molecular formula is C17H20N2O4S. The third kappa shape index (κ3) is 4.81. The molecule has 2 aromatic carbocycles. The molecule has 0 spiro atoms. The van der Waals surface area contributed by atoms with E-state index in [2.05, 4.69) is 10.0 Å². The van der Waals surface area contributed by atoms with Gasteiger partial charge in [-0.05, 0) is 50.2 Å². The number of amides is 1. The lowest BCUT2D eigenvalue weighted by Crippen LogP contribution is -2.41. The predicted octanol–water partition coefficient (Wildman–Crippen LogP) is 2.39. The van der Waals surface area contributed by atoms with Crippen molar-refractivity contribution in [2.45, 2.75) is 24.8 Å².